The third kappa shape index (κ3) is 5.63. The molecule has 122 valence electrons. The smallest absolute Gasteiger partial charge is 0.323 e. The summed E-state index contributed by atoms with van der Waals surface area (Å²) in [6.45, 7) is 5.52. The summed E-state index contributed by atoms with van der Waals surface area (Å²) in [5, 5.41) is 8.93. The van der Waals surface area contributed by atoms with Gasteiger partial charge in [0, 0.05) is 6.54 Å². The zero-order valence-corrected chi connectivity index (χ0v) is 13.4. The number of ether oxygens (including phenoxy) is 2. The number of hydrogen-bond acceptors (Lipinski definition) is 4. The zero-order valence-electron chi connectivity index (χ0n) is 13.4. The van der Waals surface area contributed by atoms with Crippen molar-refractivity contribution in [2.24, 2.45) is 5.92 Å². The predicted octanol–water partition coefficient (Wildman–Crippen LogP) is 2.03. The first-order valence-corrected chi connectivity index (χ1v) is 7.14. The lowest BCUT2D eigenvalue weighted by molar-refractivity contribution is -0.147. The number of methoxy groups -OCH3 is 1. The van der Waals surface area contributed by atoms with E-state index in [0.29, 0.717) is 18.0 Å². The molecule has 0 aliphatic carbocycles. The van der Waals surface area contributed by atoms with Gasteiger partial charge in [-0.15, -0.1) is 0 Å². The third-order valence-corrected chi connectivity index (χ3v) is 2.94. The van der Waals surface area contributed by atoms with E-state index < -0.39 is 12.1 Å². The van der Waals surface area contributed by atoms with Crippen LogP contribution in [0.3, 0.4) is 0 Å². The van der Waals surface area contributed by atoms with E-state index in [-0.39, 0.29) is 18.4 Å². The lowest BCUT2D eigenvalue weighted by Gasteiger charge is -2.26. The van der Waals surface area contributed by atoms with Gasteiger partial charge in [-0.1, -0.05) is 13.8 Å². The molecule has 0 radical (unpaired) electrons. The molecule has 0 saturated heterocycles. The normalized spacial score (nSPS) is 11.9. The molecule has 0 saturated carbocycles. The summed E-state index contributed by atoms with van der Waals surface area (Å²) in [6, 6.07) is 6.87. The fourth-order valence-electron chi connectivity index (χ4n) is 2.00. The monoisotopic (exact) mass is 309 g/mol. The quantitative estimate of drug-likeness (QED) is 0.795. The molecule has 6 nitrogen and oxygen atoms in total. The van der Waals surface area contributed by atoms with Crippen LogP contribution < -0.4 is 9.47 Å². The largest absolute Gasteiger partial charge is 0.497 e. The maximum Gasteiger partial charge on any atom is 0.323 e. The second-order valence-corrected chi connectivity index (χ2v) is 5.44. The summed E-state index contributed by atoms with van der Waals surface area (Å²) >= 11 is 0. The molecule has 0 aromatic heterocycles. The molecule has 1 N–H and O–H groups in total. The number of aliphatic carboxylic acids is 1. The van der Waals surface area contributed by atoms with Gasteiger partial charge >= 0.3 is 5.97 Å². The van der Waals surface area contributed by atoms with Crippen LogP contribution in [0, 0.1) is 5.92 Å². The van der Waals surface area contributed by atoms with Gasteiger partial charge in [0.15, 0.2) is 6.10 Å². The molecule has 1 rings (SSSR count). The molecular formula is C16H23NO5. The summed E-state index contributed by atoms with van der Waals surface area (Å²) in [5.41, 5.74) is 0. The van der Waals surface area contributed by atoms with Gasteiger partial charge in [0.2, 0.25) is 0 Å². The first-order chi connectivity index (χ1) is 10.3. The average molecular weight is 309 g/mol. The van der Waals surface area contributed by atoms with Crippen molar-refractivity contribution in [1.82, 2.24) is 4.90 Å². The van der Waals surface area contributed by atoms with Gasteiger partial charge < -0.3 is 19.5 Å². The van der Waals surface area contributed by atoms with E-state index in [1.807, 2.05) is 13.8 Å². The molecule has 6 heteroatoms. The highest BCUT2D eigenvalue weighted by Gasteiger charge is 2.24. The number of carbonyl (C=O) groups excluding carboxylic acids is 1. The first-order valence-electron chi connectivity index (χ1n) is 7.14. The molecule has 1 unspecified atom stereocenters. The number of carbonyl (C=O) groups is 2. The molecule has 0 aliphatic heterocycles. The Balaban J connectivity index is 2.72. The van der Waals surface area contributed by atoms with Crippen molar-refractivity contribution in [2.75, 3.05) is 20.2 Å². The SMILES string of the molecule is COc1ccc(OC(C)C(=O)N(CC(=O)O)CC(C)C)cc1. The predicted molar refractivity (Wildman–Crippen MR) is 82.1 cm³/mol. The van der Waals surface area contributed by atoms with Crippen LogP contribution in [-0.4, -0.2) is 48.2 Å². The second-order valence-electron chi connectivity index (χ2n) is 5.44. The average Bonchev–Trinajstić information content (AvgIpc) is 2.45. The van der Waals surface area contributed by atoms with Gasteiger partial charge in [0.25, 0.3) is 5.91 Å². The second kappa shape index (κ2) is 8.26. The minimum absolute atomic E-state index is 0.177. The van der Waals surface area contributed by atoms with Gasteiger partial charge in [-0.25, -0.2) is 0 Å². The number of hydrogen-bond donors (Lipinski definition) is 1. The first kappa shape index (κ1) is 17.8. The highest BCUT2D eigenvalue weighted by Crippen LogP contribution is 2.18. The van der Waals surface area contributed by atoms with Crippen LogP contribution in [0.5, 0.6) is 11.5 Å². The molecule has 22 heavy (non-hydrogen) atoms. The number of nitrogens with zero attached hydrogens (tertiary/aromatic N) is 1. The van der Waals surface area contributed by atoms with Crippen molar-refractivity contribution in [3.63, 3.8) is 0 Å². The Morgan fingerprint density at radius 2 is 1.68 bits per heavy atom. The summed E-state index contributed by atoms with van der Waals surface area (Å²) < 4.78 is 10.6. The Hall–Kier alpha value is -2.24. The van der Waals surface area contributed by atoms with Gasteiger partial charge in [0.05, 0.1) is 7.11 Å². The van der Waals surface area contributed by atoms with Gasteiger partial charge in [-0.3, -0.25) is 9.59 Å². The summed E-state index contributed by atoms with van der Waals surface area (Å²) in [5.74, 6) is 0.0224. The number of carboxylic acids is 1. The van der Waals surface area contributed by atoms with Gasteiger partial charge in [0.1, 0.15) is 18.0 Å². The summed E-state index contributed by atoms with van der Waals surface area (Å²) in [6.07, 6.45) is -0.758. The molecule has 1 atom stereocenters. The van der Waals surface area contributed by atoms with Crippen LogP contribution in [0.25, 0.3) is 0 Å². The van der Waals surface area contributed by atoms with E-state index in [0.717, 1.165) is 0 Å². The van der Waals surface area contributed by atoms with Crippen molar-refractivity contribution in [2.45, 2.75) is 26.9 Å². The summed E-state index contributed by atoms with van der Waals surface area (Å²) in [7, 11) is 1.57. The molecule has 0 heterocycles. The van der Waals surface area contributed by atoms with Crippen LogP contribution in [0.4, 0.5) is 0 Å². The van der Waals surface area contributed by atoms with E-state index in [1.165, 1.54) is 4.90 Å². The van der Waals surface area contributed by atoms with Crippen molar-refractivity contribution in [1.29, 1.82) is 0 Å². The van der Waals surface area contributed by atoms with Crippen molar-refractivity contribution < 1.29 is 24.2 Å². The molecule has 1 amide bonds. The minimum Gasteiger partial charge on any atom is -0.497 e. The highest BCUT2D eigenvalue weighted by atomic mass is 16.5. The van der Waals surface area contributed by atoms with E-state index >= 15 is 0 Å². The molecular weight excluding hydrogens is 286 g/mol. The van der Waals surface area contributed by atoms with E-state index in [9.17, 15) is 9.59 Å². The Morgan fingerprint density at radius 1 is 1.14 bits per heavy atom. The van der Waals surface area contributed by atoms with Gasteiger partial charge in [-0.05, 0) is 37.1 Å². The van der Waals surface area contributed by atoms with E-state index in [4.69, 9.17) is 14.6 Å². The minimum atomic E-state index is -1.04. The van der Waals surface area contributed by atoms with Crippen LogP contribution in [0.1, 0.15) is 20.8 Å². The van der Waals surface area contributed by atoms with Crippen LogP contribution in [0.15, 0.2) is 24.3 Å². The Bertz CT molecular complexity index is 498. The van der Waals surface area contributed by atoms with Crippen molar-refractivity contribution >= 4 is 11.9 Å². The Morgan fingerprint density at radius 3 is 2.14 bits per heavy atom. The summed E-state index contributed by atoms with van der Waals surface area (Å²) in [4.78, 5) is 24.6. The van der Waals surface area contributed by atoms with E-state index in [1.54, 1.807) is 38.3 Å². The maximum absolute atomic E-state index is 12.4. The lowest BCUT2D eigenvalue weighted by Crippen LogP contribution is -2.44. The van der Waals surface area contributed by atoms with Crippen LogP contribution >= 0.6 is 0 Å². The van der Waals surface area contributed by atoms with Crippen LogP contribution in [0.2, 0.25) is 0 Å². The van der Waals surface area contributed by atoms with Crippen molar-refractivity contribution in [3.05, 3.63) is 24.3 Å². The van der Waals surface area contributed by atoms with Crippen LogP contribution in [-0.2, 0) is 9.59 Å². The number of amides is 1. The molecule has 0 aliphatic rings. The molecule has 0 fully saturated rings. The lowest BCUT2D eigenvalue weighted by atomic mass is 10.2. The molecule has 0 spiro atoms. The fraction of sp³-hybridized carbons (Fsp3) is 0.500. The molecule has 1 aromatic rings. The van der Waals surface area contributed by atoms with Gasteiger partial charge in [-0.2, -0.15) is 0 Å². The standard InChI is InChI=1S/C16H23NO5/c1-11(2)9-17(10-15(18)19)16(20)12(3)22-14-7-5-13(21-4)6-8-14/h5-8,11-12H,9-10H2,1-4H3,(H,18,19). The fourth-order valence-corrected chi connectivity index (χ4v) is 2.00. The molecule has 0 bridgehead atoms. The zero-order chi connectivity index (χ0) is 16.7. The maximum atomic E-state index is 12.4. The third-order valence-electron chi connectivity index (χ3n) is 2.94. The highest BCUT2D eigenvalue weighted by molar-refractivity contribution is 5.84. The number of carboxylic acid groups (broad SMARTS) is 1. The number of benzene rings is 1. The number of rotatable bonds is 8. The van der Waals surface area contributed by atoms with Crippen molar-refractivity contribution in [3.8, 4) is 11.5 Å². The molecule has 1 aromatic carbocycles. The Labute approximate surface area is 130 Å². The topological polar surface area (TPSA) is 76.1 Å². The Kier molecular flexibility index (Phi) is 6.69. The van der Waals surface area contributed by atoms with E-state index in [2.05, 4.69) is 0 Å².